The molecule has 0 aliphatic carbocycles. The van der Waals surface area contributed by atoms with Crippen molar-refractivity contribution < 1.29 is 13.2 Å². The molecular formula is C12H16BrF3N2. The van der Waals surface area contributed by atoms with E-state index in [0.29, 0.717) is 11.0 Å². The van der Waals surface area contributed by atoms with E-state index in [1.54, 1.807) is 0 Å². The molecule has 0 radical (unpaired) electrons. The molecule has 6 heteroatoms. The summed E-state index contributed by atoms with van der Waals surface area (Å²) in [5, 5.41) is 5.95. The van der Waals surface area contributed by atoms with Crippen molar-refractivity contribution in [1.29, 1.82) is 0 Å². The van der Waals surface area contributed by atoms with Gasteiger partial charge in [-0.3, -0.25) is 0 Å². The van der Waals surface area contributed by atoms with Crippen LogP contribution in [-0.4, -0.2) is 19.6 Å². The Labute approximate surface area is 113 Å². The highest BCUT2D eigenvalue weighted by Gasteiger charge is 2.33. The zero-order chi connectivity index (χ0) is 13.6. The van der Waals surface area contributed by atoms with Gasteiger partial charge in [0.1, 0.15) is 0 Å². The van der Waals surface area contributed by atoms with E-state index in [9.17, 15) is 13.2 Å². The van der Waals surface area contributed by atoms with E-state index in [1.165, 1.54) is 12.1 Å². The van der Waals surface area contributed by atoms with Gasteiger partial charge in [0.05, 0.1) is 5.56 Å². The van der Waals surface area contributed by atoms with Crippen LogP contribution in [0.15, 0.2) is 22.7 Å². The van der Waals surface area contributed by atoms with Crippen molar-refractivity contribution in [2.45, 2.75) is 19.5 Å². The molecule has 2 nitrogen and oxygen atoms in total. The largest absolute Gasteiger partial charge is 0.418 e. The van der Waals surface area contributed by atoms with Crippen LogP contribution in [0.4, 0.5) is 18.9 Å². The monoisotopic (exact) mass is 324 g/mol. The highest BCUT2D eigenvalue weighted by atomic mass is 79.9. The van der Waals surface area contributed by atoms with Crippen molar-refractivity contribution in [1.82, 2.24) is 5.32 Å². The van der Waals surface area contributed by atoms with E-state index in [-0.39, 0.29) is 5.69 Å². The van der Waals surface area contributed by atoms with Gasteiger partial charge in [0, 0.05) is 16.7 Å². The Morgan fingerprint density at radius 1 is 1.22 bits per heavy atom. The molecule has 1 rings (SSSR count). The number of halogens is 4. The first-order chi connectivity index (χ1) is 8.45. The molecule has 1 aromatic rings. The van der Waals surface area contributed by atoms with Crippen molar-refractivity contribution in [2.75, 3.05) is 25.0 Å². The number of hydrogen-bond donors (Lipinski definition) is 2. The molecule has 0 heterocycles. The fraction of sp³-hybridized carbons (Fsp3) is 0.500. The van der Waals surface area contributed by atoms with Crippen LogP contribution in [0.5, 0.6) is 0 Å². The first kappa shape index (κ1) is 15.3. The second-order valence-electron chi connectivity index (χ2n) is 3.82. The molecule has 0 amide bonds. The van der Waals surface area contributed by atoms with Crippen LogP contribution in [0.2, 0.25) is 0 Å². The number of benzene rings is 1. The van der Waals surface area contributed by atoms with Crippen LogP contribution in [-0.2, 0) is 6.18 Å². The zero-order valence-corrected chi connectivity index (χ0v) is 11.7. The van der Waals surface area contributed by atoms with Gasteiger partial charge < -0.3 is 10.6 Å². The third-order valence-electron chi connectivity index (χ3n) is 2.38. The Bertz CT molecular complexity index is 380. The summed E-state index contributed by atoms with van der Waals surface area (Å²) in [6, 6.07) is 3.93. The Balaban J connectivity index is 2.65. The van der Waals surface area contributed by atoms with Gasteiger partial charge in [-0.1, -0.05) is 22.9 Å². The van der Waals surface area contributed by atoms with Gasteiger partial charge in [-0.15, -0.1) is 0 Å². The molecule has 0 fully saturated rings. The van der Waals surface area contributed by atoms with E-state index >= 15 is 0 Å². The summed E-state index contributed by atoms with van der Waals surface area (Å²) in [7, 11) is 0. The Morgan fingerprint density at radius 3 is 2.56 bits per heavy atom. The van der Waals surface area contributed by atoms with Gasteiger partial charge in [-0.05, 0) is 37.7 Å². The fourth-order valence-electron chi connectivity index (χ4n) is 1.52. The van der Waals surface area contributed by atoms with Gasteiger partial charge in [0.25, 0.3) is 0 Å². The molecule has 102 valence electrons. The normalized spacial score (nSPS) is 11.6. The van der Waals surface area contributed by atoms with Crippen LogP contribution in [0.3, 0.4) is 0 Å². The van der Waals surface area contributed by atoms with E-state index < -0.39 is 11.7 Å². The predicted octanol–water partition coefficient (Wildman–Crippen LogP) is 3.88. The van der Waals surface area contributed by atoms with Crippen LogP contribution in [0.25, 0.3) is 0 Å². The molecule has 0 atom stereocenters. The highest BCUT2D eigenvalue weighted by Crippen LogP contribution is 2.36. The minimum Gasteiger partial charge on any atom is -0.384 e. The summed E-state index contributed by atoms with van der Waals surface area (Å²) in [4.78, 5) is 0. The van der Waals surface area contributed by atoms with Crippen LogP contribution in [0.1, 0.15) is 18.9 Å². The molecule has 2 N–H and O–H groups in total. The molecule has 18 heavy (non-hydrogen) atoms. The quantitative estimate of drug-likeness (QED) is 0.776. The van der Waals surface area contributed by atoms with E-state index in [4.69, 9.17) is 0 Å². The maximum absolute atomic E-state index is 12.7. The third-order valence-corrected chi connectivity index (χ3v) is 2.88. The van der Waals surface area contributed by atoms with E-state index in [0.717, 1.165) is 25.6 Å². The first-order valence-electron chi connectivity index (χ1n) is 5.76. The number of nitrogens with one attached hydrogen (secondary N) is 2. The summed E-state index contributed by atoms with van der Waals surface area (Å²) < 4.78 is 38.9. The molecule has 0 aromatic heterocycles. The Morgan fingerprint density at radius 2 is 1.94 bits per heavy atom. The third kappa shape index (κ3) is 4.86. The number of rotatable bonds is 6. The van der Waals surface area contributed by atoms with Crippen molar-refractivity contribution in [3.8, 4) is 0 Å². The fourth-order valence-corrected chi connectivity index (χ4v) is 1.88. The number of anilines is 1. The lowest BCUT2D eigenvalue weighted by Crippen LogP contribution is -2.18. The second-order valence-corrected chi connectivity index (χ2v) is 4.74. The first-order valence-corrected chi connectivity index (χ1v) is 6.55. The average molecular weight is 325 g/mol. The van der Waals surface area contributed by atoms with Gasteiger partial charge in [-0.25, -0.2) is 0 Å². The maximum Gasteiger partial charge on any atom is 0.418 e. The van der Waals surface area contributed by atoms with Crippen LogP contribution >= 0.6 is 15.9 Å². The van der Waals surface area contributed by atoms with Crippen molar-refractivity contribution in [2.24, 2.45) is 0 Å². The smallest absolute Gasteiger partial charge is 0.384 e. The predicted molar refractivity (Wildman–Crippen MR) is 70.8 cm³/mol. The van der Waals surface area contributed by atoms with Gasteiger partial charge in [0.2, 0.25) is 0 Å². The van der Waals surface area contributed by atoms with Gasteiger partial charge in [-0.2, -0.15) is 13.2 Å². The lowest BCUT2D eigenvalue weighted by Gasteiger charge is -2.15. The topological polar surface area (TPSA) is 24.1 Å². The van der Waals surface area contributed by atoms with Crippen molar-refractivity contribution >= 4 is 21.6 Å². The summed E-state index contributed by atoms with van der Waals surface area (Å²) in [5.41, 5.74) is -0.512. The van der Waals surface area contributed by atoms with E-state index in [1.807, 2.05) is 6.92 Å². The molecular weight excluding hydrogens is 309 g/mol. The molecule has 0 aliphatic heterocycles. The summed E-state index contributed by atoms with van der Waals surface area (Å²) in [5.74, 6) is 0. The SMILES string of the molecule is CCNCCCNc1cc(Br)ccc1C(F)(F)F. The van der Waals surface area contributed by atoms with Gasteiger partial charge in [0.15, 0.2) is 0 Å². The number of alkyl halides is 3. The number of hydrogen-bond acceptors (Lipinski definition) is 2. The molecule has 0 unspecified atom stereocenters. The molecule has 0 saturated heterocycles. The van der Waals surface area contributed by atoms with Crippen molar-refractivity contribution in [3.05, 3.63) is 28.2 Å². The van der Waals surface area contributed by atoms with Gasteiger partial charge >= 0.3 is 6.18 Å². The minimum atomic E-state index is -4.33. The zero-order valence-electron chi connectivity index (χ0n) is 10.1. The van der Waals surface area contributed by atoms with E-state index in [2.05, 4.69) is 26.6 Å². The standard InChI is InChI=1S/C12H16BrF3N2/c1-2-17-6-3-7-18-11-8-9(13)4-5-10(11)12(14,15)16/h4-5,8,17-18H,2-3,6-7H2,1H3. The Hall–Kier alpha value is -0.750. The molecule has 0 bridgehead atoms. The average Bonchev–Trinajstić information content (AvgIpc) is 2.27. The summed E-state index contributed by atoms with van der Waals surface area (Å²) in [6.45, 7) is 4.15. The minimum absolute atomic E-state index is 0.119. The molecule has 0 saturated carbocycles. The summed E-state index contributed by atoms with van der Waals surface area (Å²) >= 11 is 3.18. The van der Waals surface area contributed by atoms with Crippen LogP contribution < -0.4 is 10.6 Å². The Kier molecular flexibility index (Phi) is 5.95. The maximum atomic E-state index is 12.7. The molecule has 0 spiro atoms. The lowest BCUT2D eigenvalue weighted by atomic mass is 10.1. The van der Waals surface area contributed by atoms with Crippen LogP contribution in [0, 0.1) is 0 Å². The highest BCUT2D eigenvalue weighted by molar-refractivity contribution is 9.10. The summed E-state index contributed by atoms with van der Waals surface area (Å²) in [6.07, 6.45) is -3.55. The van der Waals surface area contributed by atoms with Crippen molar-refractivity contribution in [3.63, 3.8) is 0 Å². The second kappa shape index (κ2) is 6.99. The molecule has 1 aromatic carbocycles. The lowest BCUT2D eigenvalue weighted by molar-refractivity contribution is -0.136. The molecule has 0 aliphatic rings.